The smallest absolute Gasteiger partial charge is 0.300 e. The van der Waals surface area contributed by atoms with Crippen molar-refractivity contribution in [2.24, 2.45) is 0 Å². The zero-order valence-electron chi connectivity index (χ0n) is 15.6. The summed E-state index contributed by atoms with van der Waals surface area (Å²) in [7, 11) is 1.50. The van der Waals surface area contributed by atoms with E-state index in [4.69, 9.17) is 4.74 Å². The van der Waals surface area contributed by atoms with Crippen LogP contribution in [0.2, 0.25) is 0 Å². The molecule has 3 aromatic rings. The second-order valence-electron chi connectivity index (χ2n) is 6.49. The third kappa shape index (κ3) is 3.14. The number of aromatic nitrogens is 1. The standard InChI is InChI=1S/C23H18N2O4/c1-29-18-10-6-5-9-17(18)25-20(15-11-13-24-14-12-15)19(22(27)23(25)28)21(26)16-7-3-2-4-8-16/h2-14,20,26H,1H3/b21-19+. The van der Waals surface area contributed by atoms with Gasteiger partial charge in [0, 0.05) is 18.0 Å². The lowest BCUT2D eigenvalue weighted by Crippen LogP contribution is -2.29. The summed E-state index contributed by atoms with van der Waals surface area (Å²) in [6, 6.07) is 18.3. The summed E-state index contributed by atoms with van der Waals surface area (Å²) < 4.78 is 5.41. The van der Waals surface area contributed by atoms with E-state index in [9.17, 15) is 14.7 Å². The maximum Gasteiger partial charge on any atom is 0.300 e. The van der Waals surface area contributed by atoms with Crippen LogP contribution in [-0.4, -0.2) is 28.9 Å². The fraction of sp³-hybridized carbons (Fsp3) is 0.0870. The molecule has 144 valence electrons. The molecule has 0 spiro atoms. The predicted octanol–water partition coefficient (Wildman–Crippen LogP) is 3.72. The molecule has 1 amide bonds. The molecule has 4 rings (SSSR count). The Balaban J connectivity index is 1.97. The lowest BCUT2D eigenvalue weighted by molar-refractivity contribution is -0.132. The van der Waals surface area contributed by atoms with E-state index >= 15 is 0 Å². The summed E-state index contributed by atoms with van der Waals surface area (Å²) in [5.74, 6) is -1.25. The second kappa shape index (κ2) is 7.59. The highest BCUT2D eigenvalue weighted by Gasteiger charge is 2.47. The van der Waals surface area contributed by atoms with Crippen LogP contribution in [0.15, 0.2) is 84.7 Å². The first-order valence-electron chi connectivity index (χ1n) is 9.03. The normalized spacial score (nSPS) is 18.1. The van der Waals surface area contributed by atoms with Crippen molar-refractivity contribution in [2.75, 3.05) is 12.0 Å². The molecule has 0 radical (unpaired) electrons. The van der Waals surface area contributed by atoms with Crippen LogP contribution in [0.25, 0.3) is 5.76 Å². The van der Waals surface area contributed by atoms with E-state index in [1.165, 1.54) is 12.0 Å². The van der Waals surface area contributed by atoms with Gasteiger partial charge < -0.3 is 9.84 Å². The van der Waals surface area contributed by atoms with Crippen molar-refractivity contribution in [1.29, 1.82) is 0 Å². The summed E-state index contributed by atoms with van der Waals surface area (Å²) in [5.41, 5.74) is 1.59. The highest BCUT2D eigenvalue weighted by Crippen LogP contribution is 2.44. The highest BCUT2D eigenvalue weighted by atomic mass is 16.5. The molecule has 6 heteroatoms. The minimum absolute atomic E-state index is 0.0262. The monoisotopic (exact) mass is 386 g/mol. The highest BCUT2D eigenvalue weighted by molar-refractivity contribution is 6.51. The number of rotatable bonds is 4. The number of anilines is 1. The number of hydrogen-bond acceptors (Lipinski definition) is 5. The summed E-state index contributed by atoms with van der Waals surface area (Å²) in [5, 5.41) is 11.0. The Hall–Kier alpha value is -3.93. The lowest BCUT2D eigenvalue weighted by Gasteiger charge is -2.26. The van der Waals surface area contributed by atoms with Crippen LogP contribution in [0.1, 0.15) is 17.2 Å². The van der Waals surface area contributed by atoms with Crippen molar-refractivity contribution in [3.8, 4) is 5.75 Å². The zero-order chi connectivity index (χ0) is 20.4. The first kappa shape index (κ1) is 18.4. The molecule has 1 saturated heterocycles. The molecule has 0 aliphatic carbocycles. The number of benzene rings is 2. The first-order chi connectivity index (χ1) is 14.1. The van der Waals surface area contributed by atoms with Gasteiger partial charge in [0.15, 0.2) is 0 Å². The summed E-state index contributed by atoms with van der Waals surface area (Å²) in [6.45, 7) is 0. The molecule has 1 unspecified atom stereocenters. The zero-order valence-corrected chi connectivity index (χ0v) is 15.6. The summed E-state index contributed by atoms with van der Waals surface area (Å²) >= 11 is 0. The van der Waals surface area contributed by atoms with Crippen molar-refractivity contribution in [3.63, 3.8) is 0 Å². The minimum Gasteiger partial charge on any atom is -0.507 e. The van der Waals surface area contributed by atoms with Crippen molar-refractivity contribution < 1.29 is 19.4 Å². The van der Waals surface area contributed by atoms with Crippen LogP contribution < -0.4 is 9.64 Å². The average Bonchev–Trinajstić information content (AvgIpc) is 3.05. The number of amides is 1. The molecule has 2 aromatic carbocycles. The molecule has 1 N–H and O–H groups in total. The number of ether oxygens (including phenoxy) is 1. The van der Waals surface area contributed by atoms with Gasteiger partial charge in [0.05, 0.1) is 24.4 Å². The number of nitrogens with zero attached hydrogens (tertiary/aromatic N) is 2. The SMILES string of the molecule is COc1ccccc1N1C(=O)C(=O)/C(=C(/O)c2ccccc2)C1c1ccncc1. The Morgan fingerprint density at radius 2 is 1.62 bits per heavy atom. The van der Waals surface area contributed by atoms with E-state index < -0.39 is 17.7 Å². The largest absolute Gasteiger partial charge is 0.507 e. The van der Waals surface area contributed by atoms with Gasteiger partial charge in [-0.1, -0.05) is 42.5 Å². The minimum atomic E-state index is -0.811. The van der Waals surface area contributed by atoms with E-state index in [0.717, 1.165) is 0 Å². The molecule has 1 aromatic heterocycles. The fourth-order valence-corrected chi connectivity index (χ4v) is 3.52. The maximum atomic E-state index is 13.1. The summed E-state index contributed by atoms with van der Waals surface area (Å²) in [6.07, 6.45) is 3.17. The van der Waals surface area contributed by atoms with E-state index in [1.807, 2.05) is 6.07 Å². The number of aliphatic hydroxyl groups is 1. The number of hydrogen-bond donors (Lipinski definition) is 1. The third-order valence-corrected chi connectivity index (χ3v) is 4.86. The third-order valence-electron chi connectivity index (χ3n) is 4.86. The van der Waals surface area contributed by atoms with Crippen molar-refractivity contribution in [2.45, 2.75) is 6.04 Å². The van der Waals surface area contributed by atoms with Crippen molar-refractivity contribution in [1.82, 2.24) is 4.98 Å². The number of pyridine rings is 1. The molecule has 1 atom stereocenters. The Kier molecular flexibility index (Phi) is 4.83. The number of ketones is 1. The quantitative estimate of drug-likeness (QED) is 0.420. The first-order valence-corrected chi connectivity index (χ1v) is 9.03. The maximum absolute atomic E-state index is 13.1. The molecule has 1 aliphatic heterocycles. The number of methoxy groups -OCH3 is 1. The molecule has 6 nitrogen and oxygen atoms in total. The van der Waals surface area contributed by atoms with Gasteiger partial charge in [-0.05, 0) is 29.8 Å². The van der Waals surface area contributed by atoms with Crippen molar-refractivity contribution >= 4 is 23.1 Å². The van der Waals surface area contributed by atoms with Crippen LogP contribution in [-0.2, 0) is 9.59 Å². The Morgan fingerprint density at radius 3 is 2.31 bits per heavy atom. The fourth-order valence-electron chi connectivity index (χ4n) is 3.52. The van der Waals surface area contributed by atoms with E-state index in [0.29, 0.717) is 22.6 Å². The molecule has 1 aliphatic rings. The van der Waals surface area contributed by atoms with E-state index in [1.54, 1.807) is 73.1 Å². The number of carbonyl (C=O) groups excluding carboxylic acids is 2. The van der Waals surface area contributed by atoms with E-state index in [2.05, 4.69) is 4.98 Å². The molecule has 0 bridgehead atoms. The molecule has 2 heterocycles. The van der Waals surface area contributed by atoms with Crippen LogP contribution in [0.5, 0.6) is 5.75 Å². The van der Waals surface area contributed by atoms with Crippen LogP contribution in [0, 0.1) is 0 Å². The van der Waals surface area contributed by atoms with Gasteiger partial charge in [0.2, 0.25) is 0 Å². The summed E-state index contributed by atoms with van der Waals surface area (Å²) in [4.78, 5) is 31.5. The van der Waals surface area contributed by atoms with Gasteiger partial charge in [-0.2, -0.15) is 0 Å². The molecular weight excluding hydrogens is 368 g/mol. The van der Waals surface area contributed by atoms with Gasteiger partial charge in [-0.3, -0.25) is 19.5 Å². The Morgan fingerprint density at radius 1 is 0.966 bits per heavy atom. The molecule has 0 saturated carbocycles. The van der Waals surface area contributed by atoms with Crippen LogP contribution in [0.4, 0.5) is 5.69 Å². The van der Waals surface area contributed by atoms with E-state index in [-0.39, 0.29) is 11.3 Å². The molecule has 29 heavy (non-hydrogen) atoms. The van der Waals surface area contributed by atoms with Crippen LogP contribution in [0.3, 0.4) is 0 Å². The Bertz CT molecular complexity index is 1090. The number of Topliss-reactive ketones (excluding diaryl/α,β-unsaturated/α-hetero) is 1. The van der Waals surface area contributed by atoms with Crippen LogP contribution >= 0.6 is 0 Å². The predicted molar refractivity (Wildman–Crippen MR) is 108 cm³/mol. The van der Waals surface area contributed by atoms with Gasteiger partial charge in [0.1, 0.15) is 11.5 Å². The van der Waals surface area contributed by atoms with Gasteiger partial charge in [-0.25, -0.2) is 0 Å². The number of aliphatic hydroxyl groups excluding tert-OH is 1. The number of para-hydroxylation sites is 2. The average molecular weight is 386 g/mol. The topological polar surface area (TPSA) is 79.7 Å². The second-order valence-corrected chi connectivity index (χ2v) is 6.49. The van der Waals surface area contributed by atoms with Gasteiger partial charge in [0.25, 0.3) is 11.7 Å². The molecule has 1 fully saturated rings. The lowest BCUT2D eigenvalue weighted by atomic mass is 9.96. The van der Waals surface area contributed by atoms with Gasteiger partial charge >= 0.3 is 0 Å². The van der Waals surface area contributed by atoms with Crippen molar-refractivity contribution in [3.05, 3.63) is 95.8 Å². The number of carbonyl (C=O) groups is 2. The Labute approximate surface area is 167 Å². The van der Waals surface area contributed by atoms with Gasteiger partial charge in [-0.15, -0.1) is 0 Å². The molecular formula is C23H18N2O4.